The summed E-state index contributed by atoms with van der Waals surface area (Å²) in [5, 5.41) is 0. The minimum absolute atomic E-state index is 0.738. The maximum atomic E-state index is 10.4. The number of imidazole rings is 1. The van der Waals surface area contributed by atoms with Crippen molar-refractivity contribution in [3.05, 3.63) is 30.6 Å². The molecule has 0 spiro atoms. The lowest BCUT2D eigenvalue weighted by Crippen LogP contribution is -2.10. The van der Waals surface area contributed by atoms with Crippen LogP contribution >= 0.6 is 0 Å². The Morgan fingerprint density at radius 3 is 2.85 bits per heavy atom. The quantitative estimate of drug-likeness (QED) is 0.671. The van der Waals surface area contributed by atoms with Gasteiger partial charge in [-0.25, -0.2) is 22.9 Å². The molecule has 0 amide bonds. The summed E-state index contributed by atoms with van der Waals surface area (Å²) >= 11 is 0. The zero-order valence-corrected chi connectivity index (χ0v) is 7.44. The number of thiol groups is 1. The smallest absolute Gasteiger partial charge is 0.235 e. The van der Waals surface area contributed by atoms with Gasteiger partial charge in [0.1, 0.15) is 6.33 Å². The van der Waals surface area contributed by atoms with Gasteiger partial charge in [0.15, 0.2) is 0 Å². The Bertz CT molecular complexity index is 495. The van der Waals surface area contributed by atoms with Crippen LogP contribution in [0, 0.1) is 0 Å². The number of nitrogens with zero attached hydrogens (tertiary/aromatic N) is 2. The van der Waals surface area contributed by atoms with Crippen LogP contribution < -0.4 is 4.83 Å². The first-order valence-corrected chi connectivity index (χ1v) is 4.78. The van der Waals surface area contributed by atoms with Crippen molar-refractivity contribution in [2.45, 2.75) is 0 Å². The van der Waals surface area contributed by atoms with Gasteiger partial charge in [0, 0.05) is 0 Å². The first-order chi connectivity index (χ1) is 6.27. The zero-order valence-electron chi connectivity index (χ0n) is 6.54. The molecular weight excluding hydrogens is 190 g/mol. The topological polar surface area (TPSA) is 64.0 Å². The van der Waals surface area contributed by atoms with Gasteiger partial charge in [0.05, 0.1) is 11.0 Å². The number of nitrogens with one attached hydrogen (secondary N) is 1. The zero-order chi connectivity index (χ0) is 9.26. The highest BCUT2D eigenvalue weighted by Crippen LogP contribution is 2.09. The van der Waals surface area contributed by atoms with Crippen LogP contribution in [0.25, 0.3) is 11.0 Å². The van der Waals surface area contributed by atoms with E-state index in [1.807, 2.05) is 18.2 Å². The largest absolute Gasteiger partial charge is 0.236 e. The van der Waals surface area contributed by atoms with Gasteiger partial charge in [-0.1, -0.05) is 12.1 Å². The fourth-order valence-corrected chi connectivity index (χ4v) is 1.46. The second-order valence-electron chi connectivity index (χ2n) is 2.46. The Balaban J connectivity index is 2.57. The van der Waals surface area contributed by atoms with Gasteiger partial charge in [-0.05, 0) is 12.1 Å². The molecule has 0 saturated heterocycles. The number of rotatable bonds is 2. The van der Waals surface area contributed by atoms with Crippen molar-refractivity contribution in [2.75, 3.05) is 4.83 Å². The number of hydrogen-bond donors (Lipinski definition) is 2. The second-order valence-corrected chi connectivity index (χ2v) is 3.17. The Morgan fingerprint density at radius 1 is 1.31 bits per heavy atom. The Kier molecular flexibility index (Phi) is 1.90. The molecule has 0 bridgehead atoms. The molecule has 1 aromatic heterocycles. The predicted molar refractivity (Wildman–Crippen MR) is 49.4 cm³/mol. The lowest BCUT2D eigenvalue weighted by molar-refractivity contribution is 0.614. The number of aromatic nitrogens is 2. The molecule has 13 heavy (non-hydrogen) atoms. The Labute approximate surface area is 76.1 Å². The monoisotopic (exact) mass is 197 g/mol. The average Bonchev–Trinajstić information content (AvgIpc) is 2.48. The van der Waals surface area contributed by atoms with Gasteiger partial charge in [-0.15, -0.1) is 0 Å². The summed E-state index contributed by atoms with van der Waals surface area (Å²) in [4.78, 5) is 6.24. The van der Waals surface area contributed by atoms with Crippen LogP contribution in [0.4, 0.5) is 0 Å². The molecule has 2 aromatic rings. The first kappa shape index (κ1) is 8.06. The first-order valence-electron chi connectivity index (χ1n) is 3.60. The van der Waals surface area contributed by atoms with E-state index in [1.165, 1.54) is 11.0 Å². The predicted octanol–water partition coefficient (Wildman–Crippen LogP) is 0.106. The van der Waals surface area contributed by atoms with Crippen molar-refractivity contribution in [2.24, 2.45) is 0 Å². The van der Waals surface area contributed by atoms with Crippen molar-refractivity contribution in [3.63, 3.8) is 0 Å². The molecule has 0 unspecified atom stereocenters. The molecule has 5 nitrogen and oxygen atoms in total. The van der Waals surface area contributed by atoms with Gasteiger partial charge in [-0.3, -0.25) is 0 Å². The summed E-state index contributed by atoms with van der Waals surface area (Å²) in [5.41, 5.74) is 1.49. The maximum absolute atomic E-state index is 10.4. The lowest BCUT2D eigenvalue weighted by Gasteiger charge is -1.98. The Hall–Kier alpha value is -1.56. The molecule has 0 aliphatic heterocycles. The van der Waals surface area contributed by atoms with Crippen LogP contribution in [0.3, 0.4) is 0 Å². The summed E-state index contributed by atoms with van der Waals surface area (Å²) in [6, 6.07) is 7.26. The van der Waals surface area contributed by atoms with Crippen molar-refractivity contribution >= 4 is 21.9 Å². The van der Waals surface area contributed by atoms with E-state index in [1.54, 1.807) is 6.07 Å². The molecule has 6 heteroatoms. The molecule has 0 aliphatic rings. The minimum atomic E-state index is -2.65. The van der Waals surface area contributed by atoms with E-state index in [9.17, 15) is 8.42 Å². The molecule has 0 aliphatic carbocycles. The number of hydrogen-bond acceptors (Lipinski definition) is 3. The highest BCUT2D eigenvalue weighted by Gasteiger charge is 1.99. The molecule has 0 atom stereocenters. The van der Waals surface area contributed by atoms with E-state index in [-0.39, 0.29) is 0 Å². The summed E-state index contributed by atoms with van der Waals surface area (Å²) in [5.74, 6) is 0. The number of fused-ring (bicyclic) bond motifs is 1. The molecule has 2 rings (SSSR count). The minimum Gasteiger partial charge on any atom is -0.235 e. The molecule has 1 N–H and O–H groups in total. The summed E-state index contributed by atoms with van der Waals surface area (Å²) in [6.07, 6.45) is 1.43. The van der Waals surface area contributed by atoms with E-state index in [0.29, 0.717) is 0 Å². The SMILES string of the molecule is O=[SH](=O)Nn1cnc2ccccc21. The third-order valence-electron chi connectivity index (χ3n) is 1.64. The van der Waals surface area contributed by atoms with Crippen molar-refractivity contribution < 1.29 is 8.42 Å². The van der Waals surface area contributed by atoms with Crippen LogP contribution in [0.5, 0.6) is 0 Å². The molecule has 0 fully saturated rings. The number of para-hydroxylation sites is 2. The molecule has 1 aromatic carbocycles. The maximum Gasteiger partial charge on any atom is 0.236 e. The van der Waals surface area contributed by atoms with Gasteiger partial charge in [0.25, 0.3) is 0 Å². The standard InChI is InChI=1S/C7H7N3O2S/c11-13(12)9-10-5-8-6-3-1-2-4-7(6)10/h1-5,13H,(H,9,11,12). The van der Waals surface area contributed by atoms with Crippen molar-refractivity contribution in [3.8, 4) is 0 Å². The van der Waals surface area contributed by atoms with Crippen LogP contribution in [-0.2, 0) is 10.9 Å². The van der Waals surface area contributed by atoms with Crippen LogP contribution in [0.15, 0.2) is 30.6 Å². The van der Waals surface area contributed by atoms with E-state index >= 15 is 0 Å². The van der Waals surface area contributed by atoms with Crippen LogP contribution in [-0.4, -0.2) is 18.1 Å². The van der Waals surface area contributed by atoms with E-state index in [4.69, 9.17) is 0 Å². The van der Waals surface area contributed by atoms with E-state index in [2.05, 4.69) is 9.82 Å². The Morgan fingerprint density at radius 2 is 2.08 bits per heavy atom. The van der Waals surface area contributed by atoms with Crippen molar-refractivity contribution in [1.82, 2.24) is 9.66 Å². The molecule has 1 heterocycles. The fraction of sp³-hybridized carbons (Fsp3) is 0. The average molecular weight is 197 g/mol. The third-order valence-corrected chi connectivity index (χ3v) is 2.02. The highest BCUT2D eigenvalue weighted by molar-refractivity contribution is 7.73. The van der Waals surface area contributed by atoms with Crippen LogP contribution in [0.1, 0.15) is 0 Å². The normalized spacial score (nSPS) is 10.8. The van der Waals surface area contributed by atoms with Gasteiger partial charge in [-0.2, -0.15) is 0 Å². The summed E-state index contributed by atoms with van der Waals surface area (Å²) < 4.78 is 22.1. The molecule has 0 radical (unpaired) electrons. The summed E-state index contributed by atoms with van der Waals surface area (Å²) in [6.45, 7) is 0. The third kappa shape index (κ3) is 1.48. The van der Waals surface area contributed by atoms with Gasteiger partial charge in [0.2, 0.25) is 10.9 Å². The molecule has 68 valence electrons. The fourth-order valence-electron chi connectivity index (χ4n) is 1.13. The summed E-state index contributed by atoms with van der Waals surface area (Å²) in [7, 11) is -2.65. The van der Waals surface area contributed by atoms with Crippen molar-refractivity contribution in [1.29, 1.82) is 0 Å². The molecule has 0 saturated carbocycles. The van der Waals surface area contributed by atoms with E-state index < -0.39 is 10.9 Å². The lowest BCUT2D eigenvalue weighted by atomic mass is 10.3. The second kappa shape index (κ2) is 3.06. The van der Waals surface area contributed by atoms with Gasteiger partial charge < -0.3 is 0 Å². The number of benzene rings is 1. The van der Waals surface area contributed by atoms with E-state index in [0.717, 1.165) is 11.0 Å². The van der Waals surface area contributed by atoms with Gasteiger partial charge >= 0.3 is 0 Å². The van der Waals surface area contributed by atoms with Crippen LogP contribution in [0.2, 0.25) is 0 Å². The molecular formula is C7H7N3O2S. The highest BCUT2D eigenvalue weighted by atomic mass is 32.2.